The first-order chi connectivity index (χ1) is 11.6. The van der Waals surface area contributed by atoms with Crippen molar-refractivity contribution >= 4 is 23.2 Å². The molecular formula is C20H25Cl2NO. The highest BCUT2D eigenvalue weighted by atomic mass is 35.5. The number of aliphatic hydroxyl groups excluding tert-OH is 1. The summed E-state index contributed by atoms with van der Waals surface area (Å²) in [6, 6.07) is 12.0. The van der Waals surface area contributed by atoms with Gasteiger partial charge in [-0.1, -0.05) is 49.2 Å². The Bertz CT molecular complexity index is 634. The number of hydrogen-bond donors (Lipinski definition) is 2. The number of likely N-dealkylation sites (N-methyl/N-ethyl adjacent to an activating group) is 1. The Morgan fingerprint density at radius 2 is 1.46 bits per heavy atom. The van der Waals surface area contributed by atoms with Crippen molar-refractivity contribution in [3.05, 3.63) is 68.7 Å². The maximum absolute atomic E-state index is 10.7. The predicted molar refractivity (Wildman–Crippen MR) is 103 cm³/mol. The van der Waals surface area contributed by atoms with Crippen LogP contribution in [0, 0.1) is 0 Å². The normalized spacial score (nSPS) is 14.8. The minimum Gasteiger partial charge on any atom is -0.391 e. The van der Waals surface area contributed by atoms with E-state index in [1.165, 1.54) is 11.1 Å². The van der Waals surface area contributed by atoms with Crippen LogP contribution >= 0.6 is 23.2 Å². The van der Waals surface area contributed by atoms with Gasteiger partial charge in [0.1, 0.15) is 0 Å². The summed E-state index contributed by atoms with van der Waals surface area (Å²) in [5, 5.41) is 15.2. The topological polar surface area (TPSA) is 32.3 Å². The highest BCUT2D eigenvalue weighted by molar-refractivity contribution is 6.31. The molecule has 0 heterocycles. The first kappa shape index (κ1) is 19.3. The fourth-order valence-electron chi connectivity index (χ4n) is 3.34. The Kier molecular flexibility index (Phi) is 7.12. The number of nitrogens with one attached hydrogen (secondary N) is 1. The van der Waals surface area contributed by atoms with Crippen LogP contribution in [-0.2, 0) is 12.8 Å². The van der Waals surface area contributed by atoms with Crippen LogP contribution in [-0.4, -0.2) is 24.8 Å². The molecule has 2 N–H and O–H groups in total. The van der Waals surface area contributed by atoms with Crippen molar-refractivity contribution in [2.45, 2.75) is 38.7 Å². The third-order valence-corrected chi connectivity index (χ3v) is 4.82. The number of aliphatic hydroxyl groups is 1. The molecule has 2 nitrogen and oxygen atoms in total. The van der Waals surface area contributed by atoms with E-state index in [0.29, 0.717) is 16.6 Å². The Morgan fingerprint density at radius 3 is 1.88 bits per heavy atom. The van der Waals surface area contributed by atoms with Crippen LogP contribution in [0.5, 0.6) is 0 Å². The molecule has 1 atom stereocenters. The van der Waals surface area contributed by atoms with Crippen molar-refractivity contribution in [1.82, 2.24) is 5.32 Å². The zero-order valence-electron chi connectivity index (χ0n) is 14.4. The van der Waals surface area contributed by atoms with Gasteiger partial charge >= 0.3 is 0 Å². The summed E-state index contributed by atoms with van der Waals surface area (Å²) >= 11 is 12.4. The standard InChI is InChI=1S/C18H19Cl2NO.C2H6/c1-21-10-17(22)18-15-8-13(19)6-4-11(15)2-3-12-5-7-14(20)9-16(12)18;1-2/h4-9,17-18,21-22H,2-3,10H2,1H3;1-2H3. The molecule has 1 aliphatic carbocycles. The number of aryl methyl sites for hydroxylation is 2. The summed E-state index contributed by atoms with van der Waals surface area (Å²) in [6.45, 7) is 4.52. The van der Waals surface area contributed by atoms with Crippen molar-refractivity contribution in [3.8, 4) is 0 Å². The summed E-state index contributed by atoms with van der Waals surface area (Å²) in [7, 11) is 1.84. The monoisotopic (exact) mass is 365 g/mol. The molecule has 130 valence electrons. The van der Waals surface area contributed by atoms with E-state index in [1.807, 2.05) is 45.2 Å². The minimum atomic E-state index is -0.530. The second kappa shape index (κ2) is 8.87. The molecule has 1 aliphatic rings. The number of halogens is 2. The Hall–Kier alpha value is -1.06. The largest absolute Gasteiger partial charge is 0.391 e. The Balaban J connectivity index is 0.00000100. The molecule has 0 radical (unpaired) electrons. The number of benzene rings is 2. The Labute approximate surface area is 154 Å². The second-order valence-corrected chi connectivity index (χ2v) is 6.66. The number of hydrogen-bond acceptors (Lipinski definition) is 2. The molecule has 2 aromatic rings. The van der Waals surface area contributed by atoms with Gasteiger partial charge in [0.05, 0.1) is 6.10 Å². The van der Waals surface area contributed by atoms with Crippen LogP contribution in [0.4, 0.5) is 0 Å². The first-order valence-corrected chi connectivity index (χ1v) is 9.25. The molecule has 0 spiro atoms. The van der Waals surface area contributed by atoms with Gasteiger partial charge in [0.15, 0.2) is 0 Å². The van der Waals surface area contributed by atoms with E-state index in [1.54, 1.807) is 0 Å². The summed E-state index contributed by atoms with van der Waals surface area (Å²) in [6.07, 6.45) is 1.37. The lowest BCUT2D eigenvalue weighted by atomic mass is 9.84. The van der Waals surface area contributed by atoms with Crippen molar-refractivity contribution < 1.29 is 5.11 Å². The molecule has 0 aliphatic heterocycles. The molecule has 1 unspecified atom stereocenters. The smallest absolute Gasteiger partial charge is 0.0773 e. The van der Waals surface area contributed by atoms with E-state index in [2.05, 4.69) is 17.4 Å². The fraction of sp³-hybridized carbons (Fsp3) is 0.400. The van der Waals surface area contributed by atoms with Gasteiger partial charge in [-0.25, -0.2) is 0 Å². The minimum absolute atomic E-state index is 0.114. The van der Waals surface area contributed by atoms with E-state index in [9.17, 15) is 5.11 Å². The zero-order valence-corrected chi connectivity index (χ0v) is 16.0. The second-order valence-electron chi connectivity index (χ2n) is 5.79. The maximum atomic E-state index is 10.7. The molecule has 0 aromatic heterocycles. The van der Waals surface area contributed by atoms with E-state index >= 15 is 0 Å². The third kappa shape index (κ3) is 4.12. The molecule has 0 saturated heterocycles. The summed E-state index contributed by atoms with van der Waals surface area (Å²) in [4.78, 5) is 0. The lowest BCUT2D eigenvalue weighted by molar-refractivity contribution is 0.156. The third-order valence-electron chi connectivity index (χ3n) is 4.35. The summed E-state index contributed by atoms with van der Waals surface area (Å²) in [5.74, 6) is -0.114. The van der Waals surface area contributed by atoms with Crippen molar-refractivity contribution in [3.63, 3.8) is 0 Å². The lowest BCUT2D eigenvalue weighted by Gasteiger charge is -2.26. The maximum Gasteiger partial charge on any atom is 0.0773 e. The van der Waals surface area contributed by atoms with Crippen LogP contribution in [0.25, 0.3) is 0 Å². The lowest BCUT2D eigenvalue weighted by Crippen LogP contribution is -2.31. The highest BCUT2D eigenvalue weighted by Gasteiger charge is 2.29. The van der Waals surface area contributed by atoms with E-state index < -0.39 is 6.10 Å². The molecule has 0 fully saturated rings. The quantitative estimate of drug-likeness (QED) is 0.816. The van der Waals surface area contributed by atoms with Gasteiger partial charge < -0.3 is 10.4 Å². The number of fused-ring (bicyclic) bond motifs is 2. The van der Waals surface area contributed by atoms with Gasteiger partial charge in [-0.05, 0) is 66.4 Å². The SMILES string of the molecule is CC.CNCC(O)C1c2cc(Cl)ccc2CCc2ccc(Cl)cc21. The fourth-order valence-corrected chi connectivity index (χ4v) is 3.71. The molecule has 0 saturated carbocycles. The molecule has 2 aromatic carbocycles. The van der Waals surface area contributed by atoms with Crippen molar-refractivity contribution in [2.75, 3.05) is 13.6 Å². The molecule has 0 amide bonds. The van der Waals surface area contributed by atoms with Crippen molar-refractivity contribution in [1.29, 1.82) is 0 Å². The molecule has 4 heteroatoms. The van der Waals surface area contributed by atoms with E-state index in [-0.39, 0.29) is 5.92 Å². The van der Waals surface area contributed by atoms with Gasteiger partial charge in [-0.15, -0.1) is 0 Å². The zero-order chi connectivity index (χ0) is 17.7. The predicted octanol–water partition coefficient (Wildman–Crippen LogP) is 4.83. The average molecular weight is 366 g/mol. The summed E-state index contributed by atoms with van der Waals surface area (Å²) in [5.41, 5.74) is 4.71. The van der Waals surface area contributed by atoms with Gasteiger partial charge in [-0.3, -0.25) is 0 Å². The highest BCUT2D eigenvalue weighted by Crippen LogP contribution is 2.38. The first-order valence-electron chi connectivity index (χ1n) is 8.49. The van der Waals surface area contributed by atoms with E-state index in [4.69, 9.17) is 23.2 Å². The van der Waals surface area contributed by atoms with Crippen LogP contribution < -0.4 is 5.32 Å². The van der Waals surface area contributed by atoms with Crippen molar-refractivity contribution in [2.24, 2.45) is 0 Å². The van der Waals surface area contributed by atoms with Crippen LogP contribution in [0.15, 0.2) is 36.4 Å². The van der Waals surface area contributed by atoms with Crippen LogP contribution in [0.2, 0.25) is 10.0 Å². The van der Waals surface area contributed by atoms with Gasteiger partial charge in [0, 0.05) is 22.5 Å². The molecule has 3 rings (SSSR count). The average Bonchev–Trinajstić information content (AvgIpc) is 2.73. The van der Waals surface area contributed by atoms with Crippen LogP contribution in [0.3, 0.4) is 0 Å². The summed E-state index contributed by atoms with van der Waals surface area (Å²) < 4.78 is 0. The molecule has 24 heavy (non-hydrogen) atoms. The Morgan fingerprint density at radius 1 is 1.00 bits per heavy atom. The van der Waals surface area contributed by atoms with Gasteiger partial charge in [0.25, 0.3) is 0 Å². The van der Waals surface area contributed by atoms with Gasteiger partial charge in [-0.2, -0.15) is 0 Å². The van der Waals surface area contributed by atoms with Crippen LogP contribution in [0.1, 0.15) is 42.0 Å². The number of rotatable bonds is 3. The van der Waals surface area contributed by atoms with E-state index in [0.717, 1.165) is 24.0 Å². The molecular weight excluding hydrogens is 341 g/mol. The van der Waals surface area contributed by atoms with Gasteiger partial charge in [0.2, 0.25) is 0 Å². The molecule has 0 bridgehead atoms.